The third-order valence-corrected chi connectivity index (χ3v) is 5.93. The van der Waals surface area contributed by atoms with Crippen LogP contribution in [-0.2, 0) is 19.2 Å². The Morgan fingerprint density at radius 3 is 1.03 bits per heavy atom. The molecule has 0 aromatic carbocycles. The molecule has 0 aromatic heterocycles. The van der Waals surface area contributed by atoms with Crippen molar-refractivity contribution >= 4 is 23.6 Å². The fourth-order valence-corrected chi connectivity index (χ4v) is 3.67. The number of rotatable bonds is 10. The van der Waals surface area contributed by atoms with Gasteiger partial charge in [0.05, 0.1) is 0 Å². The second-order valence-corrected chi connectivity index (χ2v) is 10.7. The maximum atomic E-state index is 11.8. The summed E-state index contributed by atoms with van der Waals surface area (Å²) < 4.78 is 0. The highest BCUT2D eigenvalue weighted by atomic mass is 16.2. The minimum atomic E-state index is -0.232. The van der Waals surface area contributed by atoms with E-state index in [0.717, 1.165) is 25.7 Å². The number of amides is 4. The molecule has 2 rings (SSSR count). The van der Waals surface area contributed by atoms with Gasteiger partial charge < -0.3 is 0 Å². The van der Waals surface area contributed by atoms with Crippen LogP contribution in [-0.4, -0.2) is 46.5 Å². The van der Waals surface area contributed by atoms with Crippen LogP contribution in [0, 0.1) is 16.2 Å². The summed E-state index contributed by atoms with van der Waals surface area (Å²) in [7, 11) is 0. The number of nitrogens with zero attached hydrogens (tertiary/aromatic N) is 2. The molecule has 0 saturated carbocycles. The van der Waals surface area contributed by atoms with Gasteiger partial charge in [0.25, 0.3) is 23.6 Å². The minimum absolute atomic E-state index is 0.0725. The van der Waals surface area contributed by atoms with Crippen molar-refractivity contribution in [3.63, 3.8) is 0 Å². The maximum Gasteiger partial charge on any atom is 0.253 e. The van der Waals surface area contributed by atoms with Gasteiger partial charge in [0.15, 0.2) is 0 Å². The van der Waals surface area contributed by atoms with E-state index in [2.05, 4.69) is 41.5 Å². The van der Waals surface area contributed by atoms with Gasteiger partial charge in [-0.25, -0.2) is 0 Å². The van der Waals surface area contributed by atoms with Crippen LogP contribution in [0.4, 0.5) is 0 Å². The Morgan fingerprint density at radius 2 is 0.759 bits per heavy atom. The fourth-order valence-electron chi connectivity index (χ4n) is 3.67. The highest BCUT2D eigenvalue weighted by molar-refractivity contribution is 6.13. The first-order chi connectivity index (χ1) is 13.2. The second-order valence-electron chi connectivity index (χ2n) is 10.7. The molecule has 0 bridgehead atoms. The van der Waals surface area contributed by atoms with Crippen molar-refractivity contribution in [1.29, 1.82) is 0 Å². The molecule has 2 aliphatic heterocycles. The molecule has 4 amide bonds. The number of hydrogen-bond acceptors (Lipinski definition) is 4. The van der Waals surface area contributed by atoms with E-state index in [1.165, 1.54) is 34.1 Å². The molecule has 6 heteroatoms. The summed E-state index contributed by atoms with van der Waals surface area (Å²) in [5.41, 5.74) is -0.253. The summed E-state index contributed by atoms with van der Waals surface area (Å²) in [5, 5.41) is 0. The quantitative estimate of drug-likeness (QED) is 0.524. The lowest BCUT2D eigenvalue weighted by Crippen LogP contribution is -2.39. The van der Waals surface area contributed by atoms with Gasteiger partial charge >= 0.3 is 0 Å². The molecule has 0 atom stereocenters. The van der Waals surface area contributed by atoms with Crippen molar-refractivity contribution in [2.45, 2.75) is 67.2 Å². The van der Waals surface area contributed by atoms with Crippen molar-refractivity contribution in [1.82, 2.24) is 9.80 Å². The predicted octanol–water partition coefficient (Wildman–Crippen LogP) is 3.48. The van der Waals surface area contributed by atoms with Crippen molar-refractivity contribution in [3.8, 4) is 0 Å². The Hall–Kier alpha value is -2.24. The van der Waals surface area contributed by atoms with Crippen LogP contribution in [0.25, 0.3) is 0 Å². The molecule has 0 radical (unpaired) electrons. The Morgan fingerprint density at radius 1 is 0.517 bits per heavy atom. The first kappa shape index (κ1) is 23.0. The molecule has 0 aromatic rings. The van der Waals surface area contributed by atoms with E-state index in [1.807, 2.05) is 0 Å². The van der Waals surface area contributed by atoms with Gasteiger partial charge in [-0.15, -0.1) is 0 Å². The number of carbonyl (C=O) groups is 4. The van der Waals surface area contributed by atoms with Gasteiger partial charge in [0.1, 0.15) is 0 Å². The van der Waals surface area contributed by atoms with Crippen LogP contribution in [0.15, 0.2) is 24.3 Å². The number of imide groups is 2. The average Bonchev–Trinajstić information content (AvgIpc) is 3.09. The molecule has 0 unspecified atom stereocenters. The standard InChI is InChI=1S/C23H34N2O4/c1-21(2,11-13-22(3,4)15-24-17(26)7-8-18(24)27)12-14-23(5,6)16-25-19(28)9-10-20(25)29/h7-10H,11-16H2,1-6H3. The highest BCUT2D eigenvalue weighted by Crippen LogP contribution is 2.38. The Labute approximate surface area is 174 Å². The molecule has 6 nitrogen and oxygen atoms in total. The van der Waals surface area contributed by atoms with Gasteiger partial charge in [0.2, 0.25) is 0 Å². The third kappa shape index (κ3) is 6.38. The molecule has 0 fully saturated rings. The monoisotopic (exact) mass is 402 g/mol. The van der Waals surface area contributed by atoms with Crippen molar-refractivity contribution in [2.75, 3.05) is 13.1 Å². The Bertz CT molecular complexity index is 661. The summed E-state index contributed by atoms with van der Waals surface area (Å²) in [6.07, 6.45) is 9.03. The second kappa shape index (κ2) is 8.25. The fraction of sp³-hybridized carbons (Fsp3) is 0.652. The lowest BCUT2D eigenvalue weighted by atomic mass is 9.73. The Balaban J connectivity index is 1.84. The predicted molar refractivity (Wildman–Crippen MR) is 112 cm³/mol. The van der Waals surface area contributed by atoms with E-state index in [-0.39, 0.29) is 39.9 Å². The average molecular weight is 403 g/mol. The number of hydrogen-bond donors (Lipinski definition) is 0. The molecule has 0 saturated heterocycles. The highest BCUT2D eigenvalue weighted by Gasteiger charge is 2.34. The van der Waals surface area contributed by atoms with Crippen LogP contribution < -0.4 is 0 Å². The molecular formula is C23H34N2O4. The summed E-state index contributed by atoms with van der Waals surface area (Å²) >= 11 is 0. The minimum Gasteiger partial charge on any atom is -0.275 e. The number of carbonyl (C=O) groups excluding carboxylic acids is 4. The van der Waals surface area contributed by atoms with Gasteiger partial charge in [-0.05, 0) is 41.9 Å². The van der Waals surface area contributed by atoms with Crippen LogP contribution in [0.1, 0.15) is 67.2 Å². The Kier molecular flexibility index (Phi) is 6.55. The van der Waals surface area contributed by atoms with Crippen LogP contribution >= 0.6 is 0 Å². The van der Waals surface area contributed by atoms with E-state index < -0.39 is 0 Å². The third-order valence-electron chi connectivity index (χ3n) is 5.93. The molecule has 2 aliphatic rings. The van der Waals surface area contributed by atoms with Gasteiger partial charge in [-0.1, -0.05) is 41.5 Å². The van der Waals surface area contributed by atoms with E-state index in [4.69, 9.17) is 0 Å². The van der Waals surface area contributed by atoms with Crippen LogP contribution in [0.2, 0.25) is 0 Å². The summed E-state index contributed by atoms with van der Waals surface area (Å²) in [5.74, 6) is -0.927. The van der Waals surface area contributed by atoms with E-state index in [0.29, 0.717) is 13.1 Å². The molecule has 0 aliphatic carbocycles. The topological polar surface area (TPSA) is 74.8 Å². The first-order valence-corrected chi connectivity index (χ1v) is 10.3. The lowest BCUT2D eigenvalue weighted by molar-refractivity contribution is -0.139. The zero-order valence-electron chi connectivity index (χ0n) is 18.6. The zero-order valence-corrected chi connectivity index (χ0v) is 18.6. The zero-order chi connectivity index (χ0) is 22.0. The van der Waals surface area contributed by atoms with E-state index >= 15 is 0 Å². The largest absolute Gasteiger partial charge is 0.275 e. The molecule has 2 heterocycles. The maximum absolute atomic E-state index is 11.8. The van der Waals surface area contributed by atoms with Crippen LogP contribution in [0.3, 0.4) is 0 Å². The van der Waals surface area contributed by atoms with Gasteiger partial charge in [-0.3, -0.25) is 29.0 Å². The lowest BCUT2D eigenvalue weighted by Gasteiger charge is -2.36. The summed E-state index contributed by atoms with van der Waals surface area (Å²) in [4.78, 5) is 49.9. The molecule has 0 spiro atoms. The molecule has 0 N–H and O–H groups in total. The normalized spacial score (nSPS) is 18.0. The molecule has 160 valence electrons. The van der Waals surface area contributed by atoms with Crippen molar-refractivity contribution < 1.29 is 19.2 Å². The van der Waals surface area contributed by atoms with Crippen molar-refractivity contribution in [3.05, 3.63) is 24.3 Å². The summed E-state index contributed by atoms with van der Waals surface area (Å²) in [6, 6.07) is 0. The van der Waals surface area contributed by atoms with Gasteiger partial charge in [0, 0.05) is 37.4 Å². The smallest absolute Gasteiger partial charge is 0.253 e. The SMILES string of the molecule is CC(C)(CCC(C)(C)CN1C(=O)C=CC1=O)CCC(C)(C)CN1C(=O)C=CC1=O. The van der Waals surface area contributed by atoms with Crippen LogP contribution in [0.5, 0.6) is 0 Å². The first-order valence-electron chi connectivity index (χ1n) is 10.3. The van der Waals surface area contributed by atoms with E-state index in [1.54, 1.807) is 0 Å². The molecular weight excluding hydrogens is 368 g/mol. The van der Waals surface area contributed by atoms with Crippen molar-refractivity contribution in [2.24, 2.45) is 16.2 Å². The molecule has 29 heavy (non-hydrogen) atoms. The van der Waals surface area contributed by atoms with E-state index in [9.17, 15) is 19.2 Å². The summed E-state index contributed by atoms with van der Waals surface area (Å²) in [6.45, 7) is 13.6. The van der Waals surface area contributed by atoms with Gasteiger partial charge in [-0.2, -0.15) is 0 Å².